The molecule has 1 aromatic heterocycles. The molecule has 0 unspecified atom stereocenters. The maximum absolute atomic E-state index is 8.85. The minimum Gasteiger partial charge on any atom is -0.370 e. The van der Waals surface area contributed by atoms with Crippen LogP contribution in [0, 0.1) is 23.2 Å². The molecule has 1 N–H and O–H groups in total. The maximum Gasteiger partial charge on any atom is 0.127 e. The average molecular weight is 329 g/mol. The third kappa shape index (κ3) is 3.60. The predicted molar refractivity (Wildman–Crippen MR) is 76.5 cm³/mol. The van der Waals surface area contributed by atoms with Gasteiger partial charge in [-0.2, -0.15) is 5.26 Å². The largest absolute Gasteiger partial charge is 0.370 e. The molecule has 2 rings (SSSR count). The van der Waals surface area contributed by atoms with E-state index in [9.17, 15) is 0 Å². The highest BCUT2D eigenvalue weighted by Gasteiger charge is 2.20. The molecule has 1 fully saturated rings. The number of nitrogens with zero attached hydrogens (tertiary/aromatic N) is 2. The Morgan fingerprint density at radius 1 is 1.44 bits per heavy atom. The number of anilines is 1. The van der Waals surface area contributed by atoms with Crippen LogP contribution >= 0.6 is 27.5 Å². The molecule has 1 heterocycles. The van der Waals surface area contributed by atoms with Crippen molar-refractivity contribution < 1.29 is 0 Å². The van der Waals surface area contributed by atoms with Crippen LogP contribution in [0.4, 0.5) is 5.82 Å². The Kier molecular flexibility index (Phi) is 4.85. The lowest BCUT2D eigenvalue weighted by Gasteiger charge is -2.25. The molecule has 0 saturated heterocycles. The van der Waals surface area contributed by atoms with Gasteiger partial charge in [-0.3, -0.25) is 0 Å². The predicted octanol–water partition coefficient (Wildman–Crippen LogP) is 4.24. The fourth-order valence-corrected chi connectivity index (χ4v) is 2.62. The molecule has 0 bridgehead atoms. The molecule has 0 aromatic carbocycles. The second-order valence-corrected chi connectivity index (χ2v) is 5.97. The first-order valence-corrected chi connectivity index (χ1v) is 7.30. The molecule has 0 aliphatic heterocycles. The molecule has 1 saturated carbocycles. The standard InChI is InChI=1S/C13H15BrClN3/c14-11-8-18-13(5-12(11)15)17-7-10-3-1-9(6-16)2-4-10/h5,8-10H,1-4,7H2,(H,17,18). The average Bonchev–Trinajstić information content (AvgIpc) is 2.41. The van der Waals surface area contributed by atoms with Crippen molar-refractivity contribution >= 4 is 33.3 Å². The second kappa shape index (κ2) is 6.40. The number of hydrogen-bond donors (Lipinski definition) is 1. The van der Waals surface area contributed by atoms with Gasteiger partial charge in [-0.1, -0.05) is 11.6 Å². The first-order valence-electron chi connectivity index (χ1n) is 6.13. The molecule has 96 valence electrons. The molecular weight excluding hydrogens is 314 g/mol. The number of rotatable bonds is 3. The second-order valence-electron chi connectivity index (χ2n) is 4.71. The Morgan fingerprint density at radius 3 is 2.78 bits per heavy atom. The summed E-state index contributed by atoms with van der Waals surface area (Å²) in [5, 5.41) is 12.8. The third-order valence-corrected chi connectivity index (χ3v) is 4.58. The molecule has 0 spiro atoms. The van der Waals surface area contributed by atoms with Crippen LogP contribution in [0.15, 0.2) is 16.7 Å². The molecule has 3 nitrogen and oxygen atoms in total. The number of hydrogen-bond acceptors (Lipinski definition) is 3. The van der Waals surface area contributed by atoms with Gasteiger partial charge in [-0.05, 0) is 47.5 Å². The van der Waals surface area contributed by atoms with E-state index in [1.54, 1.807) is 6.20 Å². The summed E-state index contributed by atoms with van der Waals surface area (Å²) in [6.45, 7) is 0.906. The van der Waals surface area contributed by atoms with Gasteiger partial charge >= 0.3 is 0 Å². The van der Waals surface area contributed by atoms with Gasteiger partial charge < -0.3 is 5.32 Å². The van der Waals surface area contributed by atoms with Gasteiger partial charge in [0.2, 0.25) is 0 Å². The van der Waals surface area contributed by atoms with Crippen LogP contribution in [0.2, 0.25) is 5.02 Å². The van der Waals surface area contributed by atoms with Gasteiger partial charge in [-0.25, -0.2) is 4.98 Å². The van der Waals surface area contributed by atoms with Crippen LogP contribution in [-0.4, -0.2) is 11.5 Å². The van der Waals surface area contributed by atoms with Gasteiger partial charge in [0.25, 0.3) is 0 Å². The molecule has 0 atom stereocenters. The summed E-state index contributed by atoms with van der Waals surface area (Å²) in [7, 11) is 0. The maximum atomic E-state index is 8.85. The summed E-state index contributed by atoms with van der Waals surface area (Å²) in [5.74, 6) is 1.71. The zero-order valence-electron chi connectivity index (χ0n) is 10.00. The molecule has 5 heteroatoms. The Morgan fingerprint density at radius 2 is 2.17 bits per heavy atom. The number of aromatic nitrogens is 1. The van der Waals surface area contributed by atoms with Crippen molar-refractivity contribution in [1.82, 2.24) is 4.98 Å². The highest BCUT2D eigenvalue weighted by molar-refractivity contribution is 9.10. The summed E-state index contributed by atoms with van der Waals surface area (Å²) in [5.41, 5.74) is 0. The topological polar surface area (TPSA) is 48.7 Å². The third-order valence-electron chi connectivity index (χ3n) is 3.41. The fourth-order valence-electron chi connectivity index (χ4n) is 2.26. The smallest absolute Gasteiger partial charge is 0.127 e. The van der Waals surface area contributed by atoms with Gasteiger partial charge in [0.1, 0.15) is 5.82 Å². The van der Waals surface area contributed by atoms with Crippen molar-refractivity contribution in [3.63, 3.8) is 0 Å². The SMILES string of the molecule is N#CC1CCC(CNc2cc(Cl)c(Br)cn2)CC1. The molecule has 1 aliphatic carbocycles. The van der Waals surface area contributed by atoms with Crippen LogP contribution in [0.25, 0.3) is 0 Å². The zero-order chi connectivity index (χ0) is 13.0. The van der Waals surface area contributed by atoms with Crippen molar-refractivity contribution in [2.45, 2.75) is 25.7 Å². The highest BCUT2D eigenvalue weighted by Crippen LogP contribution is 2.29. The van der Waals surface area contributed by atoms with Crippen LogP contribution in [0.3, 0.4) is 0 Å². The minimum absolute atomic E-state index is 0.265. The van der Waals surface area contributed by atoms with Crippen LogP contribution < -0.4 is 5.32 Å². The van der Waals surface area contributed by atoms with Crippen molar-refractivity contribution in [1.29, 1.82) is 5.26 Å². The lowest BCUT2D eigenvalue weighted by atomic mass is 9.83. The summed E-state index contributed by atoms with van der Waals surface area (Å²) < 4.78 is 0.809. The van der Waals surface area contributed by atoms with Crippen molar-refractivity contribution in [2.24, 2.45) is 11.8 Å². The lowest BCUT2D eigenvalue weighted by molar-refractivity contribution is 0.327. The summed E-state index contributed by atoms with van der Waals surface area (Å²) in [6.07, 6.45) is 6.00. The quantitative estimate of drug-likeness (QED) is 0.903. The Labute approximate surface area is 121 Å². The summed E-state index contributed by atoms with van der Waals surface area (Å²) in [6, 6.07) is 4.18. The molecular formula is C13H15BrClN3. The van der Waals surface area contributed by atoms with Gasteiger partial charge in [0, 0.05) is 24.7 Å². The van der Waals surface area contributed by atoms with Gasteiger partial charge in [-0.15, -0.1) is 0 Å². The Balaban J connectivity index is 1.82. The first kappa shape index (κ1) is 13.6. The monoisotopic (exact) mass is 327 g/mol. The van der Waals surface area contributed by atoms with Crippen molar-refractivity contribution in [3.8, 4) is 6.07 Å². The fraction of sp³-hybridized carbons (Fsp3) is 0.538. The molecule has 0 radical (unpaired) electrons. The van der Waals surface area contributed by atoms with Crippen molar-refractivity contribution in [3.05, 3.63) is 21.8 Å². The van der Waals surface area contributed by atoms with E-state index in [4.69, 9.17) is 16.9 Å². The van der Waals surface area contributed by atoms with Crippen LogP contribution in [0.5, 0.6) is 0 Å². The summed E-state index contributed by atoms with van der Waals surface area (Å²) >= 11 is 9.33. The Hall–Kier alpha value is -0.790. The number of nitrogens with one attached hydrogen (secondary N) is 1. The van der Waals surface area contributed by atoms with Gasteiger partial charge in [0.15, 0.2) is 0 Å². The zero-order valence-corrected chi connectivity index (χ0v) is 12.3. The van der Waals surface area contributed by atoms with Crippen molar-refractivity contribution in [2.75, 3.05) is 11.9 Å². The minimum atomic E-state index is 0.265. The van der Waals surface area contributed by atoms with E-state index >= 15 is 0 Å². The summed E-state index contributed by atoms with van der Waals surface area (Å²) in [4.78, 5) is 4.26. The van der Waals surface area contributed by atoms with E-state index in [-0.39, 0.29) is 5.92 Å². The van der Waals surface area contributed by atoms with E-state index in [2.05, 4.69) is 32.3 Å². The molecule has 0 amide bonds. The number of halogens is 2. The van der Waals surface area contributed by atoms with E-state index in [1.807, 2.05) is 6.07 Å². The van der Waals surface area contributed by atoms with E-state index < -0.39 is 0 Å². The van der Waals surface area contributed by atoms with Crippen LogP contribution in [0.1, 0.15) is 25.7 Å². The van der Waals surface area contributed by atoms with E-state index in [0.29, 0.717) is 10.9 Å². The Bertz CT molecular complexity index is 450. The number of nitriles is 1. The molecule has 1 aromatic rings. The highest BCUT2D eigenvalue weighted by atomic mass is 79.9. The number of pyridine rings is 1. The van der Waals surface area contributed by atoms with E-state index in [1.165, 1.54) is 0 Å². The van der Waals surface area contributed by atoms with Crippen LogP contribution in [-0.2, 0) is 0 Å². The van der Waals surface area contributed by atoms with Gasteiger partial charge in [0.05, 0.1) is 15.6 Å². The molecule has 18 heavy (non-hydrogen) atoms. The normalized spacial score (nSPS) is 23.4. The first-order chi connectivity index (χ1) is 8.69. The molecule has 1 aliphatic rings. The van der Waals surface area contributed by atoms with E-state index in [0.717, 1.165) is 42.5 Å². The lowest BCUT2D eigenvalue weighted by Crippen LogP contribution is -2.21.